The van der Waals surface area contributed by atoms with E-state index in [-0.39, 0.29) is 24.8 Å². The third-order valence-electron chi connectivity index (χ3n) is 7.48. The molecule has 0 aromatic heterocycles. The molecular weight excluding hydrogens is 588 g/mol. The van der Waals surface area contributed by atoms with Crippen molar-refractivity contribution in [2.45, 2.75) is 70.2 Å². The highest BCUT2D eigenvalue weighted by Crippen LogP contribution is 2.39. The van der Waals surface area contributed by atoms with Gasteiger partial charge >= 0.3 is 6.09 Å². The number of ether oxygens (including phenoxy) is 4. The number of allylic oxidation sites excluding steroid dienone is 3. The summed E-state index contributed by atoms with van der Waals surface area (Å²) in [4.78, 5) is 37.8. The summed E-state index contributed by atoms with van der Waals surface area (Å²) < 4.78 is 21.7. The molecule has 2 amide bonds. The largest absolute Gasteiger partial charge is 0.444 e. The first-order valence-electron chi connectivity index (χ1n) is 15.0. The van der Waals surface area contributed by atoms with Gasteiger partial charge in [-0.25, -0.2) is 4.79 Å². The molecular formula is C32H46N2O11. The summed E-state index contributed by atoms with van der Waals surface area (Å²) in [6.07, 6.45) is -2.68. The van der Waals surface area contributed by atoms with Crippen LogP contribution >= 0.6 is 0 Å². The average molecular weight is 635 g/mol. The van der Waals surface area contributed by atoms with Crippen molar-refractivity contribution in [1.82, 2.24) is 10.6 Å². The average Bonchev–Trinajstić information content (AvgIpc) is 2.98. The third-order valence-corrected chi connectivity index (χ3v) is 7.48. The summed E-state index contributed by atoms with van der Waals surface area (Å²) in [6.45, 7) is 9.48. The Bertz CT molecular complexity index is 1250. The minimum atomic E-state index is -1.91. The topological polar surface area (TPSA) is 193 Å². The van der Waals surface area contributed by atoms with Crippen molar-refractivity contribution < 1.29 is 53.8 Å². The lowest BCUT2D eigenvalue weighted by Gasteiger charge is -2.48. The number of Topliss-reactive ketones (excluding diaryl/α,β-unsaturated/α-hetero) is 1. The summed E-state index contributed by atoms with van der Waals surface area (Å²) in [5.41, 5.74) is -0.831. The molecule has 6 atom stereocenters. The van der Waals surface area contributed by atoms with Crippen LogP contribution in [0, 0.1) is 5.92 Å². The molecule has 1 heterocycles. The molecule has 3 rings (SSSR count). The summed E-state index contributed by atoms with van der Waals surface area (Å²) in [7, 11) is 0. The zero-order valence-electron chi connectivity index (χ0n) is 26.4. The Hall–Kier alpha value is -3.17. The van der Waals surface area contributed by atoms with E-state index in [9.17, 15) is 34.8 Å². The van der Waals surface area contributed by atoms with E-state index in [1.807, 2.05) is 0 Å². The molecule has 0 spiro atoms. The minimum absolute atomic E-state index is 0.255. The van der Waals surface area contributed by atoms with Crippen LogP contribution in [0.25, 0.3) is 5.57 Å². The summed E-state index contributed by atoms with van der Waals surface area (Å²) >= 11 is 0. The molecule has 6 N–H and O–H groups in total. The quantitative estimate of drug-likeness (QED) is 0.168. The van der Waals surface area contributed by atoms with Crippen LogP contribution in [0.2, 0.25) is 0 Å². The number of carbonyl (C=O) groups excluding carboxylic acids is 3. The number of carbonyl (C=O) groups is 3. The van der Waals surface area contributed by atoms with Gasteiger partial charge in [-0.1, -0.05) is 31.2 Å². The van der Waals surface area contributed by atoms with E-state index >= 15 is 0 Å². The van der Waals surface area contributed by atoms with Crippen molar-refractivity contribution in [3.05, 3.63) is 53.1 Å². The smallest absolute Gasteiger partial charge is 0.407 e. The lowest BCUT2D eigenvalue weighted by molar-refractivity contribution is -0.259. The molecule has 0 bridgehead atoms. The highest BCUT2D eigenvalue weighted by atomic mass is 16.6. The molecule has 0 saturated carbocycles. The maximum atomic E-state index is 13.4. The van der Waals surface area contributed by atoms with Crippen LogP contribution in [0.5, 0.6) is 0 Å². The fraction of sp³-hybridized carbons (Fsp3) is 0.594. The number of rotatable bonds is 13. The molecule has 250 valence electrons. The number of aliphatic hydroxyl groups is 4. The summed E-state index contributed by atoms with van der Waals surface area (Å²) in [5.74, 6) is -1.36. The number of amides is 2. The van der Waals surface area contributed by atoms with Crippen molar-refractivity contribution in [3.8, 4) is 0 Å². The summed E-state index contributed by atoms with van der Waals surface area (Å²) in [5, 5.41) is 46.6. The van der Waals surface area contributed by atoms with Crippen LogP contribution in [0.15, 0.2) is 42.0 Å². The zero-order valence-corrected chi connectivity index (χ0v) is 26.4. The van der Waals surface area contributed by atoms with E-state index in [1.54, 1.807) is 64.1 Å². The Kier molecular flexibility index (Phi) is 12.8. The predicted molar refractivity (Wildman–Crippen MR) is 163 cm³/mol. The van der Waals surface area contributed by atoms with Gasteiger partial charge in [0, 0.05) is 30.1 Å². The third kappa shape index (κ3) is 9.66. The number of aliphatic hydroxyl groups excluding tert-OH is 3. The number of hydrogen-bond donors (Lipinski definition) is 6. The van der Waals surface area contributed by atoms with Crippen molar-refractivity contribution in [3.63, 3.8) is 0 Å². The predicted octanol–water partition coefficient (Wildman–Crippen LogP) is 0.735. The molecule has 1 aromatic carbocycles. The molecule has 1 saturated heterocycles. The molecule has 2 aliphatic rings. The van der Waals surface area contributed by atoms with Gasteiger partial charge in [-0.3, -0.25) is 9.59 Å². The van der Waals surface area contributed by atoms with E-state index in [2.05, 4.69) is 10.6 Å². The van der Waals surface area contributed by atoms with Gasteiger partial charge < -0.3 is 50.0 Å². The number of hydrogen-bond acceptors (Lipinski definition) is 11. The van der Waals surface area contributed by atoms with Crippen molar-refractivity contribution in [2.75, 3.05) is 46.1 Å². The van der Waals surface area contributed by atoms with Crippen molar-refractivity contribution in [1.29, 1.82) is 0 Å². The second-order valence-electron chi connectivity index (χ2n) is 12.2. The van der Waals surface area contributed by atoms with Crippen LogP contribution in [0.4, 0.5) is 4.79 Å². The van der Waals surface area contributed by atoms with Crippen LogP contribution < -0.4 is 10.6 Å². The molecule has 0 radical (unpaired) electrons. The number of alkyl carbamates (subject to hydrolysis) is 1. The SMILES string of the molecule is CC1C(=O)C(c2cccc(C(=O)NCCOCCOCCNC(=O)OC(C)(C)C)c2)=CC=C1[C@H]1O[C@H](CO)[C@@H](O)[C@H](O)[C@]1(C)O. The van der Waals surface area contributed by atoms with E-state index in [1.165, 1.54) is 6.92 Å². The molecule has 13 heteroatoms. The van der Waals surface area contributed by atoms with Crippen LogP contribution in [-0.2, 0) is 23.7 Å². The van der Waals surface area contributed by atoms with Crippen LogP contribution in [0.3, 0.4) is 0 Å². The molecule has 1 fully saturated rings. The van der Waals surface area contributed by atoms with Gasteiger partial charge in [0.1, 0.15) is 35.6 Å². The van der Waals surface area contributed by atoms with Gasteiger partial charge in [0.05, 0.1) is 33.0 Å². The maximum Gasteiger partial charge on any atom is 0.407 e. The Morgan fingerprint density at radius 1 is 1.02 bits per heavy atom. The number of ketones is 1. The normalized spacial score (nSPS) is 27.0. The molecule has 13 nitrogen and oxygen atoms in total. The Balaban J connectivity index is 1.49. The van der Waals surface area contributed by atoms with Gasteiger partial charge in [0.2, 0.25) is 0 Å². The standard InChI is InChI=1S/C32H46N2O11/c1-19-22(28-32(5,41)27(38)26(37)24(18-35)44-28)9-10-23(25(19)36)20-7-6-8-21(17-20)29(39)33-11-13-42-15-16-43-14-12-34-30(40)45-31(2,3)4/h6-10,17,19,24,26-28,35,37-38,41H,11-16,18H2,1-5H3,(H,33,39)(H,34,40)/t19?,24-,26-,27+,28-,32+/m1/s1. The molecule has 1 aromatic rings. The summed E-state index contributed by atoms with van der Waals surface area (Å²) in [6, 6.07) is 6.63. The second-order valence-corrected chi connectivity index (χ2v) is 12.2. The first-order chi connectivity index (χ1) is 21.2. The van der Waals surface area contributed by atoms with E-state index in [0.717, 1.165) is 0 Å². The van der Waals surface area contributed by atoms with Crippen LogP contribution in [0.1, 0.15) is 50.5 Å². The molecule has 45 heavy (non-hydrogen) atoms. The first-order valence-corrected chi connectivity index (χ1v) is 15.0. The van der Waals surface area contributed by atoms with Gasteiger partial charge in [0.15, 0.2) is 5.78 Å². The monoisotopic (exact) mass is 634 g/mol. The lowest BCUT2D eigenvalue weighted by atomic mass is 9.74. The first kappa shape index (κ1) is 36.3. The van der Waals surface area contributed by atoms with E-state index in [0.29, 0.717) is 48.6 Å². The van der Waals surface area contributed by atoms with Gasteiger partial charge in [-0.15, -0.1) is 0 Å². The molecule has 1 aliphatic carbocycles. The highest BCUT2D eigenvalue weighted by Gasteiger charge is 2.54. The van der Waals surface area contributed by atoms with Crippen LogP contribution in [-0.4, -0.2) is 120 Å². The molecule has 1 aliphatic heterocycles. The highest BCUT2D eigenvalue weighted by molar-refractivity contribution is 6.24. The van der Waals surface area contributed by atoms with Gasteiger partial charge in [0.25, 0.3) is 5.91 Å². The second kappa shape index (κ2) is 15.9. The Labute approximate surface area is 263 Å². The maximum absolute atomic E-state index is 13.4. The Morgan fingerprint density at radius 3 is 2.29 bits per heavy atom. The fourth-order valence-corrected chi connectivity index (χ4v) is 5.04. The molecule has 1 unspecified atom stereocenters. The lowest BCUT2D eigenvalue weighted by Crippen LogP contribution is -2.66. The number of nitrogens with one attached hydrogen (secondary N) is 2. The zero-order chi connectivity index (χ0) is 33.4. The van der Waals surface area contributed by atoms with Crippen molar-refractivity contribution >= 4 is 23.4 Å². The van der Waals surface area contributed by atoms with E-state index < -0.39 is 54.2 Å². The van der Waals surface area contributed by atoms with Gasteiger partial charge in [-0.2, -0.15) is 0 Å². The number of benzene rings is 1. The van der Waals surface area contributed by atoms with Crippen molar-refractivity contribution in [2.24, 2.45) is 5.92 Å². The fourth-order valence-electron chi connectivity index (χ4n) is 5.04. The van der Waals surface area contributed by atoms with Gasteiger partial charge in [-0.05, 0) is 51.0 Å². The van der Waals surface area contributed by atoms with E-state index in [4.69, 9.17) is 18.9 Å². The Morgan fingerprint density at radius 2 is 1.67 bits per heavy atom. The minimum Gasteiger partial charge on any atom is -0.444 e.